The quantitative estimate of drug-likeness (QED) is 0.455. The fourth-order valence-corrected chi connectivity index (χ4v) is 2.52. The highest BCUT2D eigenvalue weighted by atomic mass is 16.4. The summed E-state index contributed by atoms with van der Waals surface area (Å²) in [7, 11) is 0. The van der Waals surface area contributed by atoms with E-state index in [0.717, 1.165) is 24.8 Å². The minimum absolute atomic E-state index is 0.0442. The van der Waals surface area contributed by atoms with Crippen molar-refractivity contribution >= 4 is 17.6 Å². The lowest BCUT2D eigenvalue weighted by Gasteiger charge is -2.07. The van der Waals surface area contributed by atoms with Crippen molar-refractivity contribution in [3.63, 3.8) is 0 Å². The fraction of sp³-hybridized carbons (Fsp3) is 0.227. The second-order valence-electron chi connectivity index (χ2n) is 6.31. The molecule has 0 saturated carbocycles. The predicted molar refractivity (Wildman–Crippen MR) is 108 cm³/mol. The molecular weight excluding hydrogens is 354 g/mol. The molecule has 0 aliphatic carbocycles. The molecule has 2 aromatic rings. The molecule has 0 fully saturated rings. The molecule has 28 heavy (non-hydrogen) atoms. The number of hydrogen-bond acceptors (Lipinski definition) is 4. The zero-order chi connectivity index (χ0) is 20.4. The van der Waals surface area contributed by atoms with Crippen molar-refractivity contribution < 1.29 is 14.7 Å². The number of hydrogen-bond donors (Lipinski definition) is 3. The number of aromatic carboxylic acids is 1. The molecule has 6 heteroatoms. The molecular formula is C22H23N3O3. The van der Waals surface area contributed by atoms with Crippen molar-refractivity contribution in [3.05, 3.63) is 77.0 Å². The average molecular weight is 377 g/mol. The number of carbonyl (C=O) groups excluding carboxylic acids is 1. The number of carboxylic acids is 1. The van der Waals surface area contributed by atoms with Crippen LogP contribution in [-0.2, 0) is 17.8 Å². The van der Waals surface area contributed by atoms with Gasteiger partial charge >= 0.3 is 5.97 Å². The Morgan fingerprint density at radius 2 is 1.71 bits per heavy atom. The maximum Gasteiger partial charge on any atom is 0.335 e. The minimum atomic E-state index is -0.985. The minimum Gasteiger partial charge on any atom is -0.478 e. The van der Waals surface area contributed by atoms with Gasteiger partial charge in [0.05, 0.1) is 5.56 Å². The first-order valence-electron chi connectivity index (χ1n) is 9.09. The second kappa shape index (κ2) is 10.5. The number of carboxylic acid groups (broad SMARTS) is 1. The van der Waals surface area contributed by atoms with E-state index in [0.29, 0.717) is 12.2 Å². The van der Waals surface area contributed by atoms with Gasteiger partial charge in [-0.3, -0.25) is 4.79 Å². The Morgan fingerprint density at radius 3 is 2.29 bits per heavy atom. The average Bonchev–Trinajstić information content (AvgIpc) is 2.71. The number of aryl methyl sites for hydroxylation is 1. The van der Waals surface area contributed by atoms with Crippen molar-refractivity contribution in [1.29, 1.82) is 5.26 Å². The van der Waals surface area contributed by atoms with Gasteiger partial charge in [0.1, 0.15) is 11.6 Å². The summed E-state index contributed by atoms with van der Waals surface area (Å²) in [5.74, 6) is -1.47. The van der Waals surface area contributed by atoms with Crippen LogP contribution in [0.1, 0.15) is 41.3 Å². The standard InChI is InChI=1S/C22H23N3O3/c1-2-3-4-16-7-11-20(12-8-16)25-21(26)19(13-23)15-24-14-17-5-9-18(10-6-17)22(27)28/h5-12,15,24H,2-4,14H2,1H3,(H,25,26)(H,27,28)/b19-15-. The zero-order valence-corrected chi connectivity index (χ0v) is 15.7. The molecule has 0 aromatic heterocycles. The number of anilines is 1. The van der Waals surface area contributed by atoms with Crippen LogP contribution in [0.4, 0.5) is 5.69 Å². The number of nitrogens with zero attached hydrogens (tertiary/aromatic N) is 1. The van der Waals surface area contributed by atoms with Crippen LogP contribution < -0.4 is 10.6 Å². The topological polar surface area (TPSA) is 102 Å². The van der Waals surface area contributed by atoms with Gasteiger partial charge in [-0.15, -0.1) is 0 Å². The Hall–Kier alpha value is -3.59. The monoisotopic (exact) mass is 377 g/mol. The van der Waals surface area contributed by atoms with E-state index in [9.17, 15) is 14.9 Å². The molecule has 2 rings (SSSR count). The Labute approximate surface area is 164 Å². The number of nitriles is 1. The van der Waals surface area contributed by atoms with E-state index in [2.05, 4.69) is 17.6 Å². The van der Waals surface area contributed by atoms with Gasteiger partial charge in [0.2, 0.25) is 0 Å². The molecule has 0 atom stereocenters. The summed E-state index contributed by atoms with van der Waals surface area (Å²) in [4.78, 5) is 23.1. The Kier molecular flexibility index (Phi) is 7.79. The van der Waals surface area contributed by atoms with Crippen LogP contribution in [0.3, 0.4) is 0 Å². The second-order valence-corrected chi connectivity index (χ2v) is 6.31. The summed E-state index contributed by atoms with van der Waals surface area (Å²) < 4.78 is 0. The van der Waals surface area contributed by atoms with Crippen LogP contribution in [0.5, 0.6) is 0 Å². The molecule has 0 aliphatic rings. The van der Waals surface area contributed by atoms with Crippen LogP contribution in [0.25, 0.3) is 0 Å². The van der Waals surface area contributed by atoms with E-state index in [1.807, 2.05) is 30.3 Å². The molecule has 144 valence electrons. The molecule has 3 N–H and O–H groups in total. The van der Waals surface area contributed by atoms with Gasteiger partial charge in [0.15, 0.2) is 0 Å². The maximum absolute atomic E-state index is 12.3. The van der Waals surface area contributed by atoms with Crippen molar-refractivity contribution in [2.45, 2.75) is 32.7 Å². The first-order valence-corrected chi connectivity index (χ1v) is 9.09. The van der Waals surface area contributed by atoms with Crippen molar-refractivity contribution in [3.8, 4) is 6.07 Å². The first kappa shape index (κ1) is 20.7. The highest BCUT2D eigenvalue weighted by Crippen LogP contribution is 2.13. The van der Waals surface area contributed by atoms with Gasteiger partial charge < -0.3 is 15.7 Å². The molecule has 0 saturated heterocycles. The summed E-state index contributed by atoms with van der Waals surface area (Å²) in [6.45, 7) is 2.51. The molecule has 0 heterocycles. The number of unbranched alkanes of at least 4 members (excludes halogenated alkanes) is 1. The number of benzene rings is 2. The van der Waals surface area contributed by atoms with Crippen LogP contribution in [0.2, 0.25) is 0 Å². The molecule has 0 unspecified atom stereocenters. The predicted octanol–water partition coefficient (Wildman–Crippen LogP) is 3.86. The van der Waals surface area contributed by atoms with Gasteiger partial charge in [-0.25, -0.2) is 4.79 Å². The molecule has 6 nitrogen and oxygen atoms in total. The molecule has 0 bridgehead atoms. The van der Waals surface area contributed by atoms with Crippen molar-refractivity contribution in [2.24, 2.45) is 0 Å². The highest BCUT2D eigenvalue weighted by molar-refractivity contribution is 6.06. The van der Waals surface area contributed by atoms with E-state index < -0.39 is 11.9 Å². The largest absolute Gasteiger partial charge is 0.478 e. The van der Waals surface area contributed by atoms with E-state index in [1.165, 1.54) is 23.9 Å². The van der Waals surface area contributed by atoms with Gasteiger partial charge in [-0.05, 0) is 48.2 Å². The van der Waals surface area contributed by atoms with E-state index in [4.69, 9.17) is 5.11 Å². The summed E-state index contributed by atoms with van der Waals surface area (Å²) in [5, 5.41) is 23.7. The summed E-state index contributed by atoms with van der Waals surface area (Å²) in [6, 6.07) is 15.8. The SMILES string of the molecule is CCCCc1ccc(NC(=O)/C(C#N)=C\NCc2ccc(C(=O)O)cc2)cc1. The van der Waals surface area contributed by atoms with Crippen molar-refractivity contribution in [1.82, 2.24) is 5.32 Å². The number of amides is 1. The van der Waals surface area contributed by atoms with Gasteiger partial charge in [0, 0.05) is 18.4 Å². The third-order valence-corrected chi connectivity index (χ3v) is 4.15. The van der Waals surface area contributed by atoms with E-state index >= 15 is 0 Å². The highest BCUT2D eigenvalue weighted by Gasteiger charge is 2.09. The summed E-state index contributed by atoms with van der Waals surface area (Å²) >= 11 is 0. The lowest BCUT2D eigenvalue weighted by atomic mass is 10.1. The van der Waals surface area contributed by atoms with Gasteiger partial charge in [0.25, 0.3) is 5.91 Å². The first-order chi connectivity index (χ1) is 13.5. The zero-order valence-electron chi connectivity index (χ0n) is 15.7. The third kappa shape index (κ3) is 6.29. The normalized spacial score (nSPS) is 10.8. The van der Waals surface area contributed by atoms with Crippen LogP contribution in [0.15, 0.2) is 60.3 Å². The molecule has 2 aromatic carbocycles. The Bertz CT molecular complexity index is 879. The van der Waals surface area contributed by atoms with Crippen molar-refractivity contribution in [2.75, 3.05) is 5.32 Å². The lowest BCUT2D eigenvalue weighted by molar-refractivity contribution is -0.112. The Morgan fingerprint density at radius 1 is 1.07 bits per heavy atom. The summed E-state index contributed by atoms with van der Waals surface area (Å²) in [6.07, 6.45) is 4.62. The van der Waals surface area contributed by atoms with Crippen LogP contribution >= 0.6 is 0 Å². The van der Waals surface area contributed by atoms with E-state index in [-0.39, 0.29) is 11.1 Å². The summed E-state index contributed by atoms with van der Waals surface area (Å²) in [5.41, 5.74) is 2.85. The Balaban J connectivity index is 1.91. The maximum atomic E-state index is 12.3. The van der Waals surface area contributed by atoms with Gasteiger partial charge in [-0.1, -0.05) is 37.6 Å². The smallest absolute Gasteiger partial charge is 0.335 e. The number of carbonyl (C=O) groups is 2. The third-order valence-electron chi connectivity index (χ3n) is 4.15. The number of nitrogens with one attached hydrogen (secondary N) is 2. The van der Waals surface area contributed by atoms with E-state index in [1.54, 1.807) is 12.1 Å². The van der Waals surface area contributed by atoms with Crippen LogP contribution in [-0.4, -0.2) is 17.0 Å². The molecule has 0 spiro atoms. The number of rotatable bonds is 9. The molecule has 0 aliphatic heterocycles. The molecule has 0 radical (unpaired) electrons. The van der Waals surface area contributed by atoms with Gasteiger partial charge in [-0.2, -0.15) is 5.26 Å². The molecule has 1 amide bonds. The van der Waals surface area contributed by atoms with Crippen LogP contribution in [0, 0.1) is 11.3 Å². The lowest BCUT2D eigenvalue weighted by Crippen LogP contribution is -2.16. The fourth-order valence-electron chi connectivity index (χ4n) is 2.52.